The average Bonchev–Trinajstić information content (AvgIpc) is 2.35. The van der Waals surface area contributed by atoms with Gasteiger partial charge in [-0.1, -0.05) is 6.92 Å². The van der Waals surface area contributed by atoms with Crippen LogP contribution in [-0.4, -0.2) is 28.0 Å². The van der Waals surface area contributed by atoms with E-state index in [0.717, 1.165) is 37.1 Å². The third-order valence-electron chi connectivity index (χ3n) is 3.26. The molecule has 3 heteroatoms. The molecule has 0 saturated heterocycles. The maximum absolute atomic E-state index is 4.65. The van der Waals surface area contributed by atoms with Crippen molar-refractivity contribution in [2.75, 3.05) is 13.1 Å². The van der Waals surface area contributed by atoms with Crippen LogP contribution in [0.15, 0.2) is 24.4 Å². The van der Waals surface area contributed by atoms with Crippen LogP contribution in [0.25, 0.3) is 11.0 Å². The topological polar surface area (TPSA) is 29.0 Å². The van der Waals surface area contributed by atoms with Crippen molar-refractivity contribution >= 4 is 11.0 Å². The van der Waals surface area contributed by atoms with Crippen LogP contribution in [0, 0.1) is 0 Å². The summed E-state index contributed by atoms with van der Waals surface area (Å²) in [5.74, 6) is 0. The van der Waals surface area contributed by atoms with E-state index in [1.165, 1.54) is 11.3 Å². The molecular formula is C13H15N3. The van der Waals surface area contributed by atoms with Gasteiger partial charge in [0.25, 0.3) is 0 Å². The van der Waals surface area contributed by atoms with Gasteiger partial charge in [-0.05, 0) is 30.3 Å². The fourth-order valence-corrected chi connectivity index (χ4v) is 2.29. The Morgan fingerprint density at radius 3 is 3.25 bits per heavy atom. The summed E-state index contributed by atoms with van der Waals surface area (Å²) in [4.78, 5) is 11.4. The number of rotatable bonds is 1. The quantitative estimate of drug-likeness (QED) is 0.725. The van der Waals surface area contributed by atoms with Crippen LogP contribution in [0.2, 0.25) is 0 Å². The van der Waals surface area contributed by atoms with Crippen LogP contribution in [0.5, 0.6) is 0 Å². The standard InChI is InChI=1S/C13H15N3/c1-2-16-7-5-12-11(9-16)8-10-4-3-6-14-13(10)15-12/h3-4,6,8H,2,5,7,9H2,1H3. The van der Waals surface area contributed by atoms with Crippen LogP contribution >= 0.6 is 0 Å². The van der Waals surface area contributed by atoms with Crippen molar-refractivity contribution in [2.45, 2.75) is 19.9 Å². The Bertz CT molecular complexity index is 522. The minimum Gasteiger partial charge on any atom is -0.299 e. The van der Waals surface area contributed by atoms with Gasteiger partial charge in [-0.25, -0.2) is 9.97 Å². The minimum atomic E-state index is 0.881. The summed E-state index contributed by atoms with van der Waals surface area (Å²) >= 11 is 0. The number of hydrogen-bond acceptors (Lipinski definition) is 3. The van der Waals surface area contributed by atoms with Crippen molar-refractivity contribution in [3.63, 3.8) is 0 Å². The Hall–Kier alpha value is -1.48. The average molecular weight is 213 g/mol. The van der Waals surface area contributed by atoms with E-state index in [0.29, 0.717) is 0 Å². The van der Waals surface area contributed by atoms with Crippen molar-refractivity contribution in [2.24, 2.45) is 0 Å². The van der Waals surface area contributed by atoms with E-state index in [2.05, 4.69) is 33.9 Å². The molecule has 2 aromatic rings. The molecule has 0 saturated carbocycles. The smallest absolute Gasteiger partial charge is 0.159 e. The van der Waals surface area contributed by atoms with Gasteiger partial charge in [0.15, 0.2) is 5.65 Å². The Labute approximate surface area is 95.1 Å². The van der Waals surface area contributed by atoms with Gasteiger partial charge in [-0.15, -0.1) is 0 Å². The van der Waals surface area contributed by atoms with Crippen molar-refractivity contribution < 1.29 is 0 Å². The van der Waals surface area contributed by atoms with Gasteiger partial charge in [0.2, 0.25) is 0 Å². The van der Waals surface area contributed by atoms with Gasteiger partial charge in [0.05, 0.1) is 0 Å². The second-order valence-corrected chi connectivity index (χ2v) is 4.26. The third-order valence-corrected chi connectivity index (χ3v) is 3.26. The van der Waals surface area contributed by atoms with E-state index in [1.54, 1.807) is 0 Å². The van der Waals surface area contributed by atoms with Gasteiger partial charge in [0, 0.05) is 36.8 Å². The second kappa shape index (κ2) is 3.83. The van der Waals surface area contributed by atoms with Crippen LogP contribution in [0.1, 0.15) is 18.2 Å². The second-order valence-electron chi connectivity index (χ2n) is 4.26. The zero-order valence-electron chi connectivity index (χ0n) is 9.48. The van der Waals surface area contributed by atoms with E-state index >= 15 is 0 Å². The van der Waals surface area contributed by atoms with Gasteiger partial charge < -0.3 is 0 Å². The molecule has 16 heavy (non-hydrogen) atoms. The summed E-state index contributed by atoms with van der Waals surface area (Å²) in [5.41, 5.74) is 3.48. The van der Waals surface area contributed by atoms with Crippen molar-refractivity contribution in [1.82, 2.24) is 14.9 Å². The highest BCUT2D eigenvalue weighted by Gasteiger charge is 2.16. The lowest BCUT2D eigenvalue weighted by Gasteiger charge is -2.26. The fourth-order valence-electron chi connectivity index (χ4n) is 2.29. The Balaban J connectivity index is 2.10. The van der Waals surface area contributed by atoms with Gasteiger partial charge in [-0.3, -0.25) is 4.90 Å². The lowest BCUT2D eigenvalue weighted by molar-refractivity contribution is 0.266. The Morgan fingerprint density at radius 2 is 2.38 bits per heavy atom. The van der Waals surface area contributed by atoms with Crippen molar-refractivity contribution in [1.29, 1.82) is 0 Å². The Morgan fingerprint density at radius 1 is 1.44 bits per heavy atom. The SMILES string of the molecule is CCN1CCc2nc3ncccc3cc2C1. The van der Waals surface area contributed by atoms with Crippen molar-refractivity contribution in [3.8, 4) is 0 Å². The van der Waals surface area contributed by atoms with Crippen LogP contribution in [-0.2, 0) is 13.0 Å². The molecule has 0 radical (unpaired) electrons. The lowest BCUT2D eigenvalue weighted by Crippen LogP contribution is -2.30. The van der Waals surface area contributed by atoms with Gasteiger partial charge >= 0.3 is 0 Å². The molecule has 1 aliphatic heterocycles. The van der Waals surface area contributed by atoms with E-state index in [1.807, 2.05) is 12.3 Å². The summed E-state index contributed by atoms with van der Waals surface area (Å²) in [6.07, 6.45) is 2.86. The lowest BCUT2D eigenvalue weighted by atomic mass is 10.0. The Kier molecular flexibility index (Phi) is 2.33. The number of nitrogens with zero attached hydrogens (tertiary/aromatic N) is 3. The molecule has 0 amide bonds. The van der Waals surface area contributed by atoms with Gasteiger partial charge in [0.1, 0.15) is 0 Å². The van der Waals surface area contributed by atoms with E-state index < -0.39 is 0 Å². The molecule has 3 heterocycles. The van der Waals surface area contributed by atoms with E-state index in [4.69, 9.17) is 0 Å². The monoisotopic (exact) mass is 213 g/mol. The number of pyridine rings is 2. The molecule has 0 bridgehead atoms. The molecule has 82 valence electrons. The highest BCUT2D eigenvalue weighted by Crippen LogP contribution is 2.20. The largest absolute Gasteiger partial charge is 0.299 e. The normalized spacial score (nSPS) is 16.3. The van der Waals surface area contributed by atoms with E-state index in [9.17, 15) is 0 Å². The number of fused-ring (bicyclic) bond motifs is 2. The number of aromatic nitrogens is 2. The highest BCUT2D eigenvalue weighted by atomic mass is 15.1. The molecular weight excluding hydrogens is 198 g/mol. The van der Waals surface area contributed by atoms with E-state index in [-0.39, 0.29) is 0 Å². The summed E-state index contributed by atoms with van der Waals surface area (Å²) in [7, 11) is 0. The highest BCUT2D eigenvalue weighted by molar-refractivity contribution is 5.75. The maximum Gasteiger partial charge on any atom is 0.159 e. The molecule has 2 aromatic heterocycles. The van der Waals surface area contributed by atoms with Crippen LogP contribution < -0.4 is 0 Å². The summed E-state index contributed by atoms with van der Waals surface area (Å²) in [5, 5.41) is 1.15. The summed E-state index contributed by atoms with van der Waals surface area (Å²) < 4.78 is 0. The first kappa shape index (κ1) is 9.73. The first-order chi connectivity index (χ1) is 7.86. The molecule has 0 N–H and O–H groups in total. The molecule has 0 spiro atoms. The third kappa shape index (κ3) is 1.57. The molecule has 0 unspecified atom stereocenters. The predicted molar refractivity (Wildman–Crippen MR) is 64.2 cm³/mol. The molecule has 0 fully saturated rings. The molecule has 0 aromatic carbocycles. The molecule has 0 atom stereocenters. The molecule has 3 rings (SSSR count). The first-order valence-corrected chi connectivity index (χ1v) is 5.82. The predicted octanol–water partition coefficient (Wildman–Crippen LogP) is 2.01. The zero-order chi connectivity index (χ0) is 11.0. The first-order valence-electron chi connectivity index (χ1n) is 5.82. The van der Waals surface area contributed by atoms with Gasteiger partial charge in [-0.2, -0.15) is 0 Å². The van der Waals surface area contributed by atoms with Crippen LogP contribution in [0.3, 0.4) is 0 Å². The van der Waals surface area contributed by atoms with Crippen molar-refractivity contribution in [3.05, 3.63) is 35.7 Å². The maximum atomic E-state index is 4.65. The van der Waals surface area contributed by atoms with Crippen LogP contribution in [0.4, 0.5) is 0 Å². The fraction of sp³-hybridized carbons (Fsp3) is 0.385. The zero-order valence-corrected chi connectivity index (χ0v) is 9.48. The molecule has 3 nitrogen and oxygen atoms in total. The summed E-state index contributed by atoms with van der Waals surface area (Å²) in [6.45, 7) is 5.48. The molecule has 0 aliphatic carbocycles. The minimum absolute atomic E-state index is 0.881. The number of likely N-dealkylation sites (N-methyl/N-ethyl adjacent to an activating group) is 1. The summed E-state index contributed by atoms with van der Waals surface area (Å²) in [6, 6.07) is 6.30. The number of hydrogen-bond donors (Lipinski definition) is 0. The molecule has 1 aliphatic rings.